The molecule has 146 valence electrons. The van der Waals surface area contributed by atoms with Gasteiger partial charge in [-0.2, -0.15) is 0 Å². The smallest absolute Gasteiger partial charge is 0.254 e. The molecule has 1 N–H and O–H groups in total. The summed E-state index contributed by atoms with van der Waals surface area (Å²) in [5, 5.41) is 4.01. The predicted octanol–water partition coefficient (Wildman–Crippen LogP) is 4.64. The van der Waals surface area contributed by atoms with E-state index < -0.39 is 0 Å². The van der Waals surface area contributed by atoms with Gasteiger partial charge in [-0.05, 0) is 43.8 Å². The molecule has 2 aromatic rings. The van der Waals surface area contributed by atoms with Gasteiger partial charge in [-0.25, -0.2) is 4.98 Å². The van der Waals surface area contributed by atoms with Crippen LogP contribution in [0.25, 0.3) is 0 Å². The zero-order valence-electron chi connectivity index (χ0n) is 17.0. The zero-order valence-corrected chi connectivity index (χ0v) is 17.8. The van der Waals surface area contributed by atoms with Crippen molar-refractivity contribution >= 4 is 17.7 Å². The molecule has 1 aromatic heterocycles. The summed E-state index contributed by atoms with van der Waals surface area (Å²) in [6.45, 7) is 7.66. The van der Waals surface area contributed by atoms with Crippen molar-refractivity contribution in [2.45, 2.75) is 44.3 Å². The minimum atomic E-state index is -0.0948. The number of hydrogen-bond donors (Lipinski definition) is 1. The van der Waals surface area contributed by atoms with E-state index in [0.29, 0.717) is 11.5 Å². The second kappa shape index (κ2) is 10.5. The summed E-state index contributed by atoms with van der Waals surface area (Å²) in [6.07, 6.45) is 4.81. The fourth-order valence-electron chi connectivity index (χ4n) is 3.13. The van der Waals surface area contributed by atoms with Gasteiger partial charge in [0.25, 0.3) is 5.91 Å². The molecule has 4 nitrogen and oxygen atoms in total. The Bertz CT molecular complexity index is 723. The lowest BCUT2D eigenvalue weighted by Gasteiger charge is -2.34. The number of hydrogen-bond acceptors (Lipinski definition) is 4. The molecular formula is C22H31N3OS. The van der Waals surface area contributed by atoms with Crippen molar-refractivity contribution in [1.29, 1.82) is 0 Å². The Balaban J connectivity index is 2.26. The fourth-order valence-corrected chi connectivity index (χ4v) is 3.68. The first-order valence-corrected chi connectivity index (χ1v) is 10.7. The lowest BCUT2D eigenvalue weighted by Crippen LogP contribution is -2.44. The molecule has 0 aliphatic heterocycles. The second-order valence-electron chi connectivity index (χ2n) is 7.12. The molecule has 0 saturated carbocycles. The molecule has 0 aliphatic carbocycles. The van der Waals surface area contributed by atoms with E-state index in [1.165, 1.54) is 11.8 Å². The van der Waals surface area contributed by atoms with Crippen molar-refractivity contribution in [1.82, 2.24) is 15.2 Å². The Morgan fingerprint density at radius 3 is 2.52 bits per heavy atom. The number of pyridine rings is 1. The van der Waals surface area contributed by atoms with Crippen molar-refractivity contribution in [3.8, 4) is 0 Å². The van der Waals surface area contributed by atoms with E-state index in [4.69, 9.17) is 0 Å². The first-order chi connectivity index (χ1) is 13.0. The number of carbonyl (C=O) groups excluding carboxylic acids is 1. The highest BCUT2D eigenvalue weighted by Gasteiger charge is 2.26. The molecule has 0 radical (unpaired) electrons. The van der Waals surface area contributed by atoms with Gasteiger partial charge in [-0.3, -0.25) is 4.79 Å². The van der Waals surface area contributed by atoms with Crippen LogP contribution in [0.15, 0.2) is 53.7 Å². The third-order valence-corrected chi connectivity index (χ3v) is 5.84. The van der Waals surface area contributed by atoms with E-state index in [2.05, 4.69) is 55.2 Å². The molecule has 0 fully saturated rings. The summed E-state index contributed by atoms with van der Waals surface area (Å²) in [4.78, 5) is 19.7. The number of benzene rings is 1. The average molecular weight is 386 g/mol. The van der Waals surface area contributed by atoms with E-state index in [1.54, 1.807) is 6.20 Å². The molecule has 0 bridgehead atoms. The Labute approximate surface area is 167 Å². The zero-order chi connectivity index (χ0) is 19.8. The molecule has 5 heteroatoms. The van der Waals surface area contributed by atoms with Gasteiger partial charge in [0.15, 0.2) is 0 Å². The minimum absolute atomic E-state index is 0.0786. The lowest BCUT2D eigenvalue weighted by molar-refractivity contribution is 0.0896. The number of thioether (sulfide) groups is 1. The Kier molecular flexibility index (Phi) is 8.32. The molecule has 3 atom stereocenters. The third-order valence-electron chi connectivity index (χ3n) is 5.13. The van der Waals surface area contributed by atoms with Crippen LogP contribution >= 0.6 is 11.8 Å². The Hall–Kier alpha value is -1.85. The molecule has 27 heavy (non-hydrogen) atoms. The normalized spacial score (nSPS) is 14.6. The highest BCUT2D eigenvalue weighted by atomic mass is 32.2. The predicted molar refractivity (Wildman–Crippen MR) is 114 cm³/mol. The van der Waals surface area contributed by atoms with Crippen LogP contribution in [0.2, 0.25) is 0 Å². The van der Waals surface area contributed by atoms with Gasteiger partial charge in [0, 0.05) is 18.8 Å². The Morgan fingerprint density at radius 2 is 1.89 bits per heavy atom. The van der Waals surface area contributed by atoms with Crippen molar-refractivity contribution in [2.75, 3.05) is 19.8 Å². The van der Waals surface area contributed by atoms with Crippen LogP contribution in [0.3, 0.4) is 0 Å². The van der Waals surface area contributed by atoms with Gasteiger partial charge in [0.05, 0.1) is 11.6 Å². The van der Waals surface area contributed by atoms with Crippen molar-refractivity contribution in [3.05, 3.63) is 59.8 Å². The van der Waals surface area contributed by atoms with Crippen LogP contribution < -0.4 is 5.32 Å². The molecule has 1 aromatic carbocycles. The van der Waals surface area contributed by atoms with E-state index >= 15 is 0 Å². The molecule has 2 rings (SSSR count). The summed E-state index contributed by atoms with van der Waals surface area (Å²) in [6, 6.07) is 13.9. The highest BCUT2D eigenvalue weighted by Crippen LogP contribution is 2.24. The first-order valence-electron chi connectivity index (χ1n) is 9.52. The summed E-state index contributed by atoms with van der Waals surface area (Å²) in [7, 11) is 2.14. The first kappa shape index (κ1) is 21.5. The monoisotopic (exact) mass is 385 g/mol. The standard InChI is InChI=1S/C22H31N3OS/c1-6-16(2)15-25(4)17(3)20(18-11-8-7-9-12-18)24-21(26)19-13-10-14-23-22(19)27-5/h7-14,16-17,20H,6,15H2,1-5H3,(H,24,26)/t16?,17?,20-/m0/s1. The minimum Gasteiger partial charge on any atom is -0.344 e. The summed E-state index contributed by atoms with van der Waals surface area (Å²) < 4.78 is 0. The van der Waals surface area contributed by atoms with Crippen LogP contribution in [0.5, 0.6) is 0 Å². The van der Waals surface area contributed by atoms with E-state index in [9.17, 15) is 4.79 Å². The number of aromatic nitrogens is 1. The number of rotatable bonds is 9. The number of carbonyl (C=O) groups is 1. The SMILES string of the molecule is CCC(C)CN(C)C(C)[C@H](NC(=O)c1cccnc1SC)c1ccccc1. The van der Waals surface area contributed by atoms with E-state index in [0.717, 1.165) is 23.6 Å². The maximum absolute atomic E-state index is 13.0. The van der Waals surface area contributed by atoms with Crippen LogP contribution in [-0.2, 0) is 0 Å². The number of likely N-dealkylation sites (N-methyl/N-ethyl adjacent to an activating group) is 1. The van der Waals surface area contributed by atoms with E-state index in [1.807, 2.05) is 36.6 Å². The largest absolute Gasteiger partial charge is 0.344 e. The van der Waals surface area contributed by atoms with Crippen molar-refractivity contribution in [3.63, 3.8) is 0 Å². The van der Waals surface area contributed by atoms with Gasteiger partial charge in [0.2, 0.25) is 0 Å². The average Bonchev–Trinajstić information content (AvgIpc) is 2.71. The van der Waals surface area contributed by atoms with Crippen molar-refractivity contribution < 1.29 is 4.79 Å². The molecule has 0 spiro atoms. The number of nitrogens with one attached hydrogen (secondary N) is 1. The molecular weight excluding hydrogens is 354 g/mol. The molecule has 0 aliphatic rings. The number of amides is 1. The van der Waals surface area contributed by atoms with Gasteiger partial charge < -0.3 is 10.2 Å². The molecule has 2 unspecified atom stereocenters. The second-order valence-corrected chi connectivity index (χ2v) is 7.91. The summed E-state index contributed by atoms with van der Waals surface area (Å²) >= 11 is 1.49. The topological polar surface area (TPSA) is 45.2 Å². The van der Waals surface area contributed by atoms with Crippen LogP contribution in [0.1, 0.15) is 49.2 Å². The Morgan fingerprint density at radius 1 is 1.19 bits per heavy atom. The molecule has 1 heterocycles. The third kappa shape index (κ3) is 5.81. The fraction of sp³-hybridized carbons (Fsp3) is 0.455. The van der Waals surface area contributed by atoms with Gasteiger partial charge in [-0.1, -0.05) is 50.6 Å². The number of nitrogens with zero attached hydrogens (tertiary/aromatic N) is 2. The van der Waals surface area contributed by atoms with Crippen molar-refractivity contribution in [2.24, 2.45) is 5.92 Å². The van der Waals surface area contributed by atoms with Crippen LogP contribution in [0.4, 0.5) is 0 Å². The summed E-state index contributed by atoms with van der Waals surface area (Å²) in [5.74, 6) is 0.538. The summed E-state index contributed by atoms with van der Waals surface area (Å²) in [5.41, 5.74) is 1.74. The quantitative estimate of drug-likeness (QED) is 0.639. The van der Waals surface area contributed by atoms with Crippen LogP contribution in [-0.4, -0.2) is 41.7 Å². The molecule has 0 saturated heterocycles. The van der Waals surface area contributed by atoms with Gasteiger partial charge in [-0.15, -0.1) is 11.8 Å². The molecule has 1 amide bonds. The maximum atomic E-state index is 13.0. The van der Waals surface area contributed by atoms with Gasteiger partial charge in [0.1, 0.15) is 5.03 Å². The van der Waals surface area contributed by atoms with Crippen LogP contribution in [0, 0.1) is 5.92 Å². The maximum Gasteiger partial charge on any atom is 0.254 e. The van der Waals surface area contributed by atoms with E-state index in [-0.39, 0.29) is 18.0 Å². The highest BCUT2D eigenvalue weighted by molar-refractivity contribution is 7.98. The lowest BCUT2D eigenvalue weighted by atomic mass is 9.97. The van der Waals surface area contributed by atoms with Gasteiger partial charge >= 0.3 is 0 Å².